The average molecular weight is 866 g/mol. The predicted octanol–water partition coefficient (Wildman–Crippen LogP) is 4.96. The molecule has 4 amide bonds. The molecule has 3 heterocycles. The quantitative estimate of drug-likeness (QED) is 0.259. The van der Waals surface area contributed by atoms with E-state index in [1.54, 1.807) is 31.2 Å². The highest BCUT2D eigenvalue weighted by atomic mass is 32.2. The molecule has 3 fully saturated rings. The monoisotopic (exact) mass is 865 g/mol. The normalized spacial score (nSPS) is 28.8. The summed E-state index contributed by atoms with van der Waals surface area (Å²) in [6, 6.07) is 2.43. The molecule has 2 aliphatic carbocycles. The van der Waals surface area contributed by atoms with Crippen LogP contribution in [0.4, 0.5) is 18.0 Å². The van der Waals surface area contributed by atoms with E-state index >= 15 is 0 Å². The van der Waals surface area contributed by atoms with Gasteiger partial charge in [-0.1, -0.05) is 26.0 Å². The SMILES string of the molecule is COc1cc2ccnc(O[C@@H]3C[C@H]4C(=O)N[C@]5(C(=O)NS(=O)(=O)C6(CF)CC6)C[C@H]5/C=C\CC[C@@H](C)C[C@@H](C)[C@H](NC(=O)OC(C)(C)C(C)(F)F)C(=O)N4C3)c2cc1OC. The summed E-state index contributed by atoms with van der Waals surface area (Å²) in [7, 11) is -1.49. The van der Waals surface area contributed by atoms with Gasteiger partial charge in [-0.05, 0) is 87.8 Å². The Kier molecular flexibility index (Phi) is 12.4. The van der Waals surface area contributed by atoms with Crippen molar-refractivity contribution in [2.75, 3.05) is 27.4 Å². The molecule has 2 saturated carbocycles. The van der Waals surface area contributed by atoms with Crippen LogP contribution in [0.5, 0.6) is 17.4 Å². The number of hydrogen-bond donors (Lipinski definition) is 3. The maximum Gasteiger partial charge on any atom is 0.408 e. The van der Waals surface area contributed by atoms with E-state index < -0.39 is 92.3 Å². The molecule has 0 spiro atoms. The summed E-state index contributed by atoms with van der Waals surface area (Å²) in [4.78, 5) is 62.3. The summed E-state index contributed by atoms with van der Waals surface area (Å²) >= 11 is 0. The Bertz CT molecular complexity index is 2150. The van der Waals surface area contributed by atoms with Gasteiger partial charge < -0.3 is 34.5 Å². The van der Waals surface area contributed by atoms with Crippen LogP contribution < -0.4 is 29.6 Å². The highest BCUT2D eigenvalue weighted by molar-refractivity contribution is 7.91. The van der Waals surface area contributed by atoms with E-state index in [4.69, 9.17) is 18.9 Å². The lowest BCUT2D eigenvalue weighted by Gasteiger charge is -2.35. The minimum Gasteiger partial charge on any atom is -0.493 e. The Balaban J connectivity index is 1.37. The van der Waals surface area contributed by atoms with E-state index in [0.29, 0.717) is 48.5 Å². The van der Waals surface area contributed by atoms with Gasteiger partial charge in [0.1, 0.15) is 35.1 Å². The Morgan fingerprint density at radius 3 is 2.38 bits per heavy atom. The maximum atomic E-state index is 14.9. The molecule has 0 radical (unpaired) electrons. The number of fused-ring (bicyclic) bond motifs is 3. The maximum absolute atomic E-state index is 14.9. The fourth-order valence-electron chi connectivity index (χ4n) is 7.95. The van der Waals surface area contributed by atoms with Crippen molar-refractivity contribution in [3.8, 4) is 17.4 Å². The second kappa shape index (κ2) is 16.6. The van der Waals surface area contributed by atoms with Crippen LogP contribution in [0, 0.1) is 17.8 Å². The summed E-state index contributed by atoms with van der Waals surface area (Å²) in [6.07, 6.45) is 4.45. The van der Waals surface area contributed by atoms with Crippen LogP contribution in [0.1, 0.15) is 79.6 Å². The number of methoxy groups -OCH3 is 2. The summed E-state index contributed by atoms with van der Waals surface area (Å²) in [5.74, 6) is -6.26. The first kappa shape index (κ1) is 44.7. The third kappa shape index (κ3) is 8.82. The zero-order valence-corrected chi connectivity index (χ0v) is 35.6. The fraction of sp³-hybridized carbons (Fsp3) is 0.634. The molecule has 2 aromatic rings. The van der Waals surface area contributed by atoms with Gasteiger partial charge in [-0.3, -0.25) is 19.1 Å². The summed E-state index contributed by atoms with van der Waals surface area (Å²) in [5.41, 5.74) is -3.99. The van der Waals surface area contributed by atoms with E-state index in [9.17, 15) is 40.8 Å². The molecule has 3 N–H and O–H groups in total. The highest BCUT2D eigenvalue weighted by Crippen LogP contribution is 2.48. The van der Waals surface area contributed by atoms with Crippen LogP contribution >= 0.6 is 0 Å². The Morgan fingerprint density at radius 2 is 1.75 bits per heavy atom. The smallest absolute Gasteiger partial charge is 0.408 e. The van der Waals surface area contributed by atoms with Crippen molar-refractivity contribution in [2.45, 2.75) is 120 Å². The largest absolute Gasteiger partial charge is 0.493 e. The van der Waals surface area contributed by atoms with Crippen molar-refractivity contribution in [2.24, 2.45) is 17.8 Å². The molecule has 19 heteroatoms. The number of rotatable bonds is 11. The van der Waals surface area contributed by atoms with E-state index in [0.717, 1.165) is 13.8 Å². The number of sulfonamides is 1. The van der Waals surface area contributed by atoms with Crippen molar-refractivity contribution < 1.29 is 59.7 Å². The second-order valence-electron chi connectivity index (χ2n) is 17.3. The molecule has 15 nitrogen and oxygen atoms in total. The number of benzene rings is 1. The number of alkyl carbamates (subject to hydrolysis) is 1. The number of pyridine rings is 1. The number of nitrogens with one attached hydrogen (secondary N) is 3. The molecule has 1 aromatic carbocycles. The Labute approximate surface area is 347 Å². The number of aromatic nitrogens is 1. The van der Waals surface area contributed by atoms with E-state index in [-0.39, 0.29) is 44.0 Å². The number of nitrogens with zero attached hydrogens (tertiary/aromatic N) is 2. The van der Waals surface area contributed by atoms with Crippen LogP contribution in [0.15, 0.2) is 36.5 Å². The first-order chi connectivity index (χ1) is 28.1. The number of amides is 4. The first-order valence-corrected chi connectivity index (χ1v) is 21.6. The lowest BCUT2D eigenvalue weighted by Crippen LogP contribution is -2.60. The molecule has 0 bridgehead atoms. The number of ether oxygens (including phenoxy) is 4. The molecule has 6 rings (SSSR count). The number of hydrogen-bond acceptors (Lipinski definition) is 11. The Morgan fingerprint density at radius 1 is 1.07 bits per heavy atom. The topological polar surface area (TPSA) is 192 Å². The third-order valence-electron chi connectivity index (χ3n) is 12.5. The molecule has 2 aliphatic heterocycles. The summed E-state index contributed by atoms with van der Waals surface area (Å²) in [6.45, 7) is 4.99. The summed E-state index contributed by atoms with van der Waals surface area (Å²) in [5, 5.41) is 6.49. The summed E-state index contributed by atoms with van der Waals surface area (Å²) < 4.78 is 92.0. The molecule has 60 heavy (non-hydrogen) atoms. The van der Waals surface area contributed by atoms with Gasteiger partial charge in [-0.2, -0.15) is 0 Å². The van der Waals surface area contributed by atoms with Crippen LogP contribution in [0.2, 0.25) is 0 Å². The minimum absolute atomic E-state index is 0.0228. The molecular formula is C41H54F3N5O10S. The predicted molar refractivity (Wildman–Crippen MR) is 213 cm³/mol. The van der Waals surface area contributed by atoms with Crippen molar-refractivity contribution in [1.82, 2.24) is 25.2 Å². The highest BCUT2D eigenvalue weighted by Gasteiger charge is 2.64. The van der Waals surface area contributed by atoms with Gasteiger partial charge >= 0.3 is 6.09 Å². The van der Waals surface area contributed by atoms with Gasteiger partial charge in [0.05, 0.1) is 20.8 Å². The number of carbonyl (C=O) groups is 4. The molecule has 4 aliphatic rings. The third-order valence-corrected chi connectivity index (χ3v) is 14.6. The second-order valence-corrected chi connectivity index (χ2v) is 19.4. The van der Waals surface area contributed by atoms with E-state index in [1.807, 2.05) is 17.7 Å². The van der Waals surface area contributed by atoms with Crippen LogP contribution in [0.25, 0.3) is 10.8 Å². The number of halogens is 3. The zero-order valence-electron chi connectivity index (χ0n) is 34.8. The number of carbonyl (C=O) groups excluding carboxylic acids is 4. The van der Waals surface area contributed by atoms with Crippen molar-refractivity contribution in [1.29, 1.82) is 0 Å². The zero-order chi connectivity index (χ0) is 44.0. The minimum atomic E-state index is -4.45. The number of alkyl halides is 3. The lowest BCUT2D eigenvalue weighted by molar-refractivity contribution is -0.152. The van der Waals surface area contributed by atoms with Crippen LogP contribution in [-0.2, 0) is 29.1 Å². The molecule has 1 saturated heterocycles. The van der Waals surface area contributed by atoms with Gasteiger partial charge in [-0.15, -0.1) is 0 Å². The standard InChI is InChI=1S/C41H54F3N5O10S/c1-23-10-8-9-11-26-20-41(26,36(52)48-60(54,55)40(22-42)13-14-40)47-33(50)29-18-27(58-34-28-19-31(57-7)30(56-6)17-25(28)12-15-45-34)21-49(29)35(51)32(24(2)16-23)46-37(53)59-38(3,4)39(5,43)44/h9,11-12,15,17,19,23-24,26-27,29,32H,8,10,13-14,16,18,20-22H2,1-7H3,(H,46,53)(H,47,50)(H,48,52)/b11-9-/t23-,24-,26-,27-,29+,32+,41-/m1/s1. The Hall–Kier alpha value is -4.81. The van der Waals surface area contributed by atoms with Crippen LogP contribution in [-0.4, -0.2) is 110 Å². The lowest BCUT2D eigenvalue weighted by atomic mass is 9.88. The molecule has 7 atom stereocenters. The van der Waals surface area contributed by atoms with Crippen molar-refractivity contribution in [3.05, 3.63) is 36.5 Å². The first-order valence-electron chi connectivity index (χ1n) is 20.1. The average Bonchev–Trinajstić information content (AvgIpc) is 4.08. The fourth-order valence-corrected chi connectivity index (χ4v) is 9.38. The van der Waals surface area contributed by atoms with E-state index in [2.05, 4.69) is 15.6 Å². The van der Waals surface area contributed by atoms with E-state index in [1.165, 1.54) is 25.3 Å². The van der Waals surface area contributed by atoms with Gasteiger partial charge in [-0.25, -0.2) is 31.4 Å². The molecule has 1 aromatic heterocycles. The van der Waals surface area contributed by atoms with Crippen LogP contribution in [0.3, 0.4) is 0 Å². The molecular weight excluding hydrogens is 812 g/mol. The van der Waals surface area contributed by atoms with Crippen molar-refractivity contribution in [3.63, 3.8) is 0 Å². The van der Waals surface area contributed by atoms with Gasteiger partial charge in [0, 0.05) is 30.8 Å². The molecule has 330 valence electrons. The molecule has 0 unspecified atom stereocenters. The van der Waals surface area contributed by atoms with Crippen molar-refractivity contribution >= 4 is 44.6 Å². The van der Waals surface area contributed by atoms with Gasteiger partial charge in [0.25, 0.3) is 11.8 Å². The number of allylic oxidation sites excluding steroid dienone is 1. The van der Waals surface area contributed by atoms with Gasteiger partial charge in [0.15, 0.2) is 17.1 Å². The van der Waals surface area contributed by atoms with Gasteiger partial charge in [0.2, 0.25) is 27.7 Å².